The van der Waals surface area contributed by atoms with E-state index in [-0.39, 0.29) is 5.91 Å². The fraction of sp³-hybridized carbons (Fsp3) is 0.235. The minimum absolute atomic E-state index is 0.0775. The van der Waals surface area contributed by atoms with Gasteiger partial charge in [-0.05, 0) is 50.2 Å². The van der Waals surface area contributed by atoms with Gasteiger partial charge in [0.15, 0.2) is 0 Å². The average Bonchev–Trinajstić information content (AvgIpc) is 2.50. The molecular formula is C17H20N2O2. The van der Waals surface area contributed by atoms with Crippen LogP contribution in [-0.2, 0) is 0 Å². The lowest BCUT2D eigenvalue weighted by molar-refractivity contribution is 0.0984. The predicted octanol–water partition coefficient (Wildman–Crippen LogP) is 3.33. The first-order valence-corrected chi connectivity index (χ1v) is 7.06. The molecule has 0 aliphatic carbocycles. The van der Waals surface area contributed by atoms with Crippen LogP contribution in [0.25, 0.3) is 0 Å². The highest BCUT2D eigenvalue weighted by Crippen LogP contribution is 2.24. The second-order valence-corrected chi connectivity index (χ2v) is 4.57. The number of amides is 1. The van der Waals surface area contributed by atoms with Gasteiger partial charge in [-0.25, -0.2) is 0 Å². The summed E-state index contributed by atoms with van der Waals surface area (Å²) in [5.41, 5.74) is 7.76. The standard InChI is InChI=1S/C17H20N2O2/c1-3-19(14-11-9-13(18)10-12-14)17(20)15-7-5-6-8-16(15)21-4-2/h5-12H,3-4,18H2,1-2H3. The Labute approximate surface area is 125 Å². The largest absolute Gasteiger partial charge is 0.493 e. The zero-order chi connectivity index (χ0) is 15.2. The van der Waals surface area contributed by atoms with E-state index in [0.29, 0.717) is 30.2 Å². The summed E-state index contributed by atoms with van der Waals surface area (Å²) in [4.78, 5) is 14.5. The van der Waals surface area contributed by atoms with E-state index in [2.05, 4.69) is 0 Å². The second-order valence-electron chi connectivity index (χ2n) is 4.57. The number of carbonyl (C=O) groups is 1. The summed E-state index contributed by atoms with van der Waals surface area (Å²) in [5, 5.41) is 0. The zero-order valence-electron chi connectivity index (χ0n) is 12.4. The van der Waals surface area contributed by atoms with Crippen LogP contribution in [0.2, 0.25) is 0 Å². The van der Waals surface area contributed by atoms with Crippen LogP contribution in [0.1, 0.15) is 24.2 Å². The van der Waals surface area contributed by atoms with Gasteiger partial charge in [0.2, 0.25) is 0 Å². The maximum absolute atomic E-state index is 12.8. The number of ether oxygens (including phenoxy) is 1. The molecule has 0 aromatic heterocycles. The maximum atomic E-state index is 12.8. The smallest absolute Gasteiger partial charge is 0.262 e. The fourth-order valence-electron chi connectivity index (χ4n) is 2.17. The van der Waals surface area contributed by atoms with Gasteiger partial charge in [0, 0.05) is 17.9 Å². The van der Waals surface area contributed by atoms with Gasteiger partial charge in [-0.1, -0.05) is 12.1 Å². The van der Waals surface area contributed by atoms with Crippen LogP contribution in [-0.4, -0.2) is 19.1 Å². The molecule has 0 atom stereocenters. The molecule has 0 unspecified atom stereocenters. The summed E-state index contributed by atoms with van der Waals surface area (Å²) in [6, 6.07) is 14.6. The molecule has 2 rings (SSSR count). The number of benzene rings is 2. The van der Waals surface area contributed by atoms with Gasteiger partial charge in [0.1, 0.15) is 5.75 Å². The Balaban J connectivity index is 2.34. The molecule has 110 valence electrons. The second kappa shape index (κ2) is 6.79. The molecule has 2 N–H and O–H groups in total. The summed E-state index contributed by atoms with van der Waals surface area (Å²) in [6.07, 6.45) is 0. The lowest BCUT2D eigenvalue weighted by Crippen LogP contribution is -2.31. The van der Waals surface area contributed by atoms with E-state index in [4.69, 9.17) is 10.5 Å². The van der Waals surface area contributed by atoms with Crippen LogP contribution in [0, 0.1) is 0 Å². The Morgan fingerprint density at radius 1 is 1.10 bits per heavy atom. The quantitative estimate of drug-likeness (QED) is 0.857. The van der Waals surface area contributed by atoms with Crippen molar-refractivity contribution in [1.29, 1.82) is 0 Å². The third kappa shape index (κ3) is 3.34. The molecule has 21 heavy (non-hydrogen) atoms. The van der Waals surface area contributed by atoms with Gasteiger partial charge in [0.05, 0.1) is 12.2 Å². The summed E-state index contributed by atoms with van der Waals surface area (Å²) < 4.78 is 5.54. The Bertz CT molecular complexity index is 608. The van der Waals surface area contributed by atoms with E-state index < -0.39 is 0 Å². The number of hydrogen-bond acceptors (Lipinski definition) is 3. The van der Waals surface area contributed by atoms with Crippen molar-refractivity contribution in [3.8, 4) is 5.75 Å². The SMILES string of the molecule is CCOc1ccccc1C(=O)N(CC)c1ccc(N)cc1. The lowest BCUT2D eigenvalue weighted by atomic mass is 10.1. The molecule has 1 amide bonds. The minimum atomic E-state index is -0.0775. The van der Waals surface area contributed by atoms with E-state index in [1.54, 1.807) is 23.1 Å². The normalized spacial score (nSPS) is 10.2. The first kappa shape index (κ1) is 14.9. The number of nitrogen functional groups attached to an aromatic ring is 1. The van der Waals surface area contributed by atoms with Crippen molar-refractivity contribution in [2.45, 2.75) is 13.8 Å². The Morgan fingerprint density at radius 3 is 2.38 bits per heavy atom. The van der Waals surface area contributed by atoms with Crippen molar-refractivity contribution in [1.82, 2.24) is 0 Å². The molecule has 2 aromatic rings. The highest BCUT2D eigenvalue weighted by atomic mass is 16.5. The molecule has 4 nitrogen and oxygen atoms in total. The topological polar surface area (TPSA) is 55.6 Å². The number of carbonyl (C=O) groups excluding carboxylic acids is 1. The van der Waals surface area contributed by atoms with Crippen molar-refractivity contribution < 1.29 is 9.53 Å². The van der Waals surface area contributed by atoms with Crippen molar-refractivity contribution >= 4 is 17.3 Å². The van der Waals surface area contributed by atoms with E-state index in [9.17, 15) is 4.79 Å². The highest BCUT2D eigenvalue weighted by Gasteiger charge is 2.19. The lowest BCUT2D eigenvalue weighted by Gasteiger charge is -2.22. The van der Waals surface area contributed by atoms with E-state index in [1.807, 2.05) is 44.2 Å². The molecule has 0 saturated heterocycles. The van der Waals surface area contributed by atoms with Crippen molar-refractivity contribution in [2.24, 2.45) is 0 Å². The summed E-state index contributed by atoms with van der Waals surface area (Å²) in [6.45, 7) is 4.94. The molecular weight excluding hydrogens is 264 g/mol. The number of nitrogens with zero attached hydrogens (tertiary/aromatic N) is 1. The minimum Gasteiger partial charge on any atom is -0.493 e. The number of rotatable bonds is 5. The zero-order valence-corrected chi connectivity index (χ0v) is 12.4. The fourth-order valence-corrected chi connectivity index (χ4v) is 2.17. The summed E-state index contributed by atoms with van der Waals surface area (Å²) in [7, 11) is 0. The molecule has 0 radical (unpaired) electrons. The van der Waals surface area contributed by atoms with Crippen LogP contribution in [0.15, 0.2) is 48.5 Å². The number of para-hydroxylation sites is 1. The van der Waals surface area contributed by atoms with Gasteiger partial charge >= 0.3 is 0 Å². The van der Waals surface area contributed by atoms with Gasteiger partial charge in [0.25, 0.3) is 5.91 Å². The molecule has 0 aliphatic heterocycles. The van der Waals surface area contributed by atoms with E-state index >= 15 is 0 Å². The third-order valence-electron chi connectivity index (χ3n) is 3.18. The monoisotopic (exact) mass is 284 g/mol. The van der Waals surface area contributed by atoms with Crippen LogP contribution >= 0.6 is 0 Å². The van der Waals surface area contributed by atoms with Crippen LogP contribution in [0.3, 0.4) is 0 Å². The van der Waals surface area contributed by atoms with E-state index in [1.165, 1.54) is 0 Å². The van der Waals surface area contributed by atoms with Crippen LogP contribution in [0.5, 0.6) is 5.75 Å². The Kier molecular flexibility index (Phi) is 4.82. The predicted molar refractivity (Wildman–Crippen MR) is 85.8 cm³/mol. The Hall–Kier alpha value is -2.49. The molecule has 0 spiro atoms. The van der Waals surface area contributed by atoms with E-state index in [0.717, 1.165) is 5.69 Å². The van der Waals surface area contributed by atoms with Gasteiger partial charge < -0.3 is 15.4 Å². The van der Waals surface area contributed by atoms with Crippen LogP contribution < -0.4 is 15.4 Å². The molecule has 0 heterocycles. The highest BCUT2D eigenvalue weighted by molar-refractivity contribution is 6.07. The Morgan fingerprint density at radius 2 is 1.76 bits per heavy atom. The number of nitrogens with two attached hydrogens (primary N) is 1. The first-order chi connectivity index (χ1) is 10.2. The van der Waals surface area contributed by atoms with Crippen LogP contribution in [0.4, 0.5) is 11.4 Å². The molecule has 0 bridgehead atoms. The number of anilines is 2. The molecule has 2 aromatic carbocycles. The van der Waals surface area contributed by atoms with Gasteiger partial charge in [-0.15, -0.1) is 0 Å². The van der Waals surface area contributed by atoms with Gasteiger partial charge in [-0.2, -0.15) is 0 Å². The molecule has 0 saturated carbocycles. The van der Waals surface area contributed by atoms with Gasteiger partial charge in [-0.3, -0.25) is 4.79 Å². The number of hydrogen-bond donors (Lipinski definition) is 1. The van der Waals surface area contributed by atoms with Crippen molar-refractivity contribution in [3.63, 3.8) is 0 Å². The average molecular weight is 284 g/mol. The molecule has 0 fully saturated rings. The van der Waals surface area contributed by atoms with Crippen molar-refractivity contribution in [3.05, 3.63) is 54.1 Å². The maximum Gasteiger partial charge on any atom is 0.262 e. The summed E-state index contributed by atoms with van der Waals surface area (Å²) in [5.74, 6) is 0.533. The molecule has 0 aliphatic rings. The third-order valence-corrected chi connectivity index (χ3v) is 3.18. The summed E-state index contributed by atoms with van der Waals surface area (Å²) >= 11 is 0. The molecule has 4 heteroatoms. The van der Waals surface area contributed by atoms with Crippen molar-refractivity contribution in [2.75, 3.05) is 23.8 Å². The first-order valence-electron chi connectivity index (χ1n) is 7.06.